The molecule has 138 valence electrons. The van der Waals surface area contributed by atoms with E-state index >= 15 is 0 Å². The first-order valence-corrected chi connectivity index (χ1v) is 9.06. The van der Waals surface area contributed by atoms with Crippen molar-refractivity contribution >= 4 is 32.8 Å². The SMILES string of the molecule is COc1cc(C2NC(=O)c3oc4cc(C)cc(C)c4c(=O)c32)cc(Br)c1O. The molecule has 0 fully saturated rings. The maximum atomic E-state index is 13.2. The molecule has 0 saturated heterocycles. The first kappa shape index (κ1) is 17.6. The molecular weight excluding hydrogens is 414 g/mol. The summed E-state index contributed by atoms with van der Waals surface area (Å²) in [6.45, 7) is 3.75. The number of phenols is 1. The van der Waals surface area contributed by atoms with Crippen molar-refractivity contribution in [3.63, 3.8) is 0 Å². The average Bonchev–Trinajstić information content (AvgIpc) is 2.93. The van der Waals surface area contributed by atoms with Crippen LogP contribution in [0.4, 0.5) is 0 Å². The number of carbonyl (C=O) groups is 1. The van der Waals surface area contributed by atoms with Gasteiger partial charge in [0.25, 0.3) is 5.91 Å². The molecule has 0 radical (unpaired) electrons. The number of aryl methyl sites for hydroxylation is 2. The molecular formula is C20H16BrNO5. The van der Waals surface area contributed by atoms with Gasteiger partial charge in [0.05, 0.1) is 28.6 Å². The van der Waals surface area contributed by atoms with E-state index in [9.17, 15) is 14.7 Å². The molecule has 0 bridgehead atoms. The molecule has 27 heavy (non-hydrogen) atoms. The van der Waals surface area contributed by atoms with Crippen LogP contribution >= 0.6 is 15.9 Å². The molecule has 3 aromatic rings. The van der Waals surface area contributed by atoms with E-state index in [2.05, 4.69) is 21.2 Å². The predicted octanol–water partition coefficient (Wildman–Crippen LogP) is 3.72. The quantitative estimate of drug-likeness (QED) is 0.647. The van der Waals surface area contributed by atoms with Gasteiger partial charge < -0.3 is 19.6 Å². The number of methoxy groups -OCH3 is 1. The molecule has 7 heteroatoms. The smallest absolute Gasteiger partial charge is 0.288 e. The minimum Gasteiger partial charge on any atom is -0.503 e. The average molecular weight is 430 g/mol. The Labute approximate surface area is 162 Å². The van der Waals surface area contributed by atoms with E-state index in [-0.39, 0.29) is 28.3 Å². The lowest BCUT2D eigenvalue weighted by molar-refractivity contribution is 0.0938. The second-order valence-electron chi connectivity index (χ2n) is 6.59. The Morgan fingerprint density at radius 3 is 2.63 bits per heavy atom. The van der Waals surface area contributed by atoms with Crippen LogP contribution in [0.5, 0.6) is 11.5 Å². The molecule has 1 aliphatic rings. The number of rotatable bonds is 2. The van der Waals surface area contributed by atoms with Gasteiger partial charge >= 0.3 is 0 Å². The Bertz CT molecular complexity index is 1180. The van der Waals surface area contributed by atoms with Crippen LogP contribution in [-0.4, -0.2) is 18.1 Å². The van der Waals surface area contributed by atoms with Crippen molar-refractivity contribution in [3.05, 3.63) is 67.0 Å². The number of nitrogens with one attached hydrogen (secondary N) is 1. The van der Waals surface area contributed by atoms with Crippen LogP contribution < -0.4 is 15.5 Å². The predicted molar refractivity (Wildman–Crippen MR) is 104 cm³/mol. The monoisotopic (exact) mass is 429 g/mol. The third-order valence-corrected chi connectivity index (χ3v) is 5.35. The highest BCUT2D eigenvalue weighted by molar-refractivity contribution is 9.10. The Balaban J connectivity index is 2.00. The van der Waals surface area contributed by atoms with Crippen molar-refractivity contribution in [2.24, 2.45) is 0 Å². The van der Waals surface area contributed by atoms with E-state index in [0.717, 1.165) is 11.1 Å². The molecule has 2 N–H and O–H groups in total. The van der Waals surface area contributed by atoms with Crippen LogP contribution in [0.25, 0.3) is 11.0 Å². The van der Waals surface area contributed by atoms with Gasteiger partial charge in [-0.15, -0.1) is 0 Å². The summed E-state index contributed by atoms with van der Waals surface area (Å²) in [4.78, 5) is 25.7. The summed E-state index contributed by atoms with van der Waals surface area (Å²) in [5.74, 6) is -0.247. The third kappa shape index (κ3) is 2.61. The van der Waals surface area contributed by atoms with Gasteiger partial charge in [0.1, 0.15) is 5.58 Å². The standard InChI is InChI=1S/C20H16BrNO5/c1-8-4-9(2)14-12(5-8)27-19-15(18(14)24)16(22-20(19)25)10-6-11(21)17(23)13(7-10)26-3/h4-7,16,23H,1-3H3,(H,22,25). The van der Waals surface area contributed by atoms with E-state index in [0.29, 0.717) is 21.0 Å². The lowest BCUT2D eigenvalue weighted by atomic mass is 9.97. The lowest BCUT2D eigenvalue weighted by Crippen LogP contribution is -2.22. The summed E-state index contributed by atoms with van der Waals surface area (Å²) in [7, 11) is 1.43. The van der Waals surface area contributed by atoms with Crippen molar-refractivity contribution in [1.82, 2.24) is 5.32 Å². The summed E-state index contributed by atoms with van der Waals surface area (Å²) < 4.78 is 11.4. The Kier molecular flexibility index (Phi) is 3.99. The Hall–Kier alpha value is -2.80. The van der Waals surface area contributed by atoms with Gasteiger partial charge in [-0.1, -0.05) is 6.07 Å². The van der Waals surface area contributed by atoms with Gasteiger partial charge in [0.15, 0.2) is 16.9 Å². The normalized spacial score (nSPS) is 15.7. The van der Waals surface area contributed by atoms with E-state index in [1.807, 2.05) is 19.9 Å². The van der Waals surface area contributed by atoms with Crippen molar-refractivity contribution in [2.45, 2.75) is 19.9 Å². The second-order valence-corrected chi connectivity index (χ2v) is 7.44. The fraction of sp³-hybridized carbons (Fsp3) is 0.200. The zero-order valence-corrected chi connectivity index (χ0v) is 16.4. The van der Waals surface area contributed by atoms with E-state index in [1.54, 1.807) is 18.2 Å². The molecule has 0 aliphatic carbocycles. The zero-order chi connectivity index (χ0) is 19.5. The lowest BCUT2D eigenvalue weighted by Gasteiger charge is -2.15. The molecule has 1 amide bonds. The van der Waals surface area contributed by atoms with Gasteiger partial charge in [-0.05, 0) is 64.7 Å². The maximum Gasteiger partial charge on any atom is 0.288 e. The molecule has 1 atom stereocenters. The highest BCUT2D eigenvalue weighted by Gasteiger charge is 2.36. The summed E-state index contributed by atoms with van der Waals surface area (Å²) in [5, 5.41) is 13.3. The number of phenolic OH excluding ortho intramolecular Hbond substituents is 1. The number of halogens is 1. The van der Waals surface area contributed by atoms with Crippen molar-refractivity contribution < 1.29 is 19.1 Å². The van der Waals surface area contributed by atoms with Crippen LogP contribution in [0.1, 0.15) is 38.9 Å². The Morgan fingerprint density at radius 2 is 1.93 bits per heavy atom. The van der Waals surface area contributed by atoms with Crippen molar-refractivity contribution in [2.75, 3.05) is 7.11 Å². The minimum atomic E-state index is -0.695. The van der Waals surface area contributed by atoms with Crippen LogP contribution in [0.15, 0.2) is 37.9 Å². The van der Waals surface area contributed by atoms with E-state index in [4.69, 9.17) is 9.15 Å². The van der Waals surface area contributed by atoms with Gasteiger partial charge in [-0.2, -0.15) is 0 Å². The van der Waals surface area contributed by atoms with E-state index in [1.165, 1.54) is 7.11 Å². The Morgan fingerprint density at radius 1 is 1.19 bits per heavy atom. The molecule has 2 heterocycles. The first-order valence-electron chi connectivity index (χ1n) is 8.27. The largest absolute Gasteiger partial charge is 0.503 e. The summed E-state index contributed by atoms with van der Waals surface area (Å²) in [6, 6.07) is 6.20. The van der Waals surface area contributed by atoms with Gasteiger partial charge in [0, 0.05) is 0 Å². The highest BCUT2D eigenvalue weighted by Crippen LogP contribution is 2.40. The topological polar surface area (TPSA) is 88.8 Å². The second kappa shape index (κ2) is 6.13. The van der Waals surface area contributed by atoms with Gasteiger partial charge in [-0.25, -0.2) is 0 Å². The van der Waals surface area contributed by atoms with Crippen molar-refractivity contribution in [3.8, 4) is 11.5 Å². The van der Waals surface area contributed by atoms with Crippen molar-refractivity contribution in [1.29, 1.82) is 0 Å². The molecule has 6 nitrogen and oxygen atoms in total. The molecule has 2 aromatic carbocycles. The van der Waals surface area contributed by atoms with Crippen LogP contribution in [0.3, 0.4) is 0 Å². The fourth-order valence-corrected chi connectivity index (χ4v) is 4.03. The molecule has 1 unspecified atom stereocenters. The number of fused-ring (bicyclic) bond motifs is 2. The molecule has 1 aliphatic heterocycles. The fourth-order valence-electron chi connectivity index (χ4n) is 3.57. The number of hydrogen-bond acceptors (Lipinski definition) is 5. The highest BCUT2D eigenvalue weighted by atomic mass is 79.9. The van der Waals surface area contributed by atoms with Crippen LogP contribution in [0.2, 0.25) is 0 Å². The van der Waals surface area contributed by atoms with Gasteiger partial charge in [-0.3, -0.25) is 9.59 Å². The number of ether oxygens (including phenoxy) is 1. The molecule has 1 aromatic heterocycles. The van der Waals surface area contributed by atoms with Crippen LogP contribution in [0, 0.1) is 13.8 Å². The summed E-state index contributed by atoms with van der Waals surface area (Å²) in [6.07, 6.45) is 0. The number of benzene rings is 2. The van der Waals surface area contributed by atoms with Gasteiger partial charge in [0.2, 0.25) is 5.76 Å². The number of hydrogen-bond donors (Lipinski definition) is 2. The molecule has 0 spiro atoms. The first-order chi connectivity index (χ1) is 12.8. The number of carbonyl (C=O) groups excluding carboxylic acids is 1. The molecule has 0 saturated carbocycles. The summed E-state index contributed by atoms with van der Waals surface area (Å²) in [5.41, 5.74) is 2.76. The maximum absolute atomic E-state index is 13.2. The van der Waals surface area contributed by atoms with E-state index < -0.39 is 11.9 Å². The van der Waals surface area contributed by atoms with Crippen LogP contribution in [-0.2, 0) is 0 Å². The minimum absolute atomic E-state index is 0.0191. The third-order valence-electron chi connectivity index (χ3n) is 4.75. The zero-order valence-electron chi connectivity index (χ0n) is 14.8. The molecule has 4 rings (SSSR count). The number of amides is 1. The summed E-state index contributed by atoms with van der Waals surface area (Å²) >= 11 is 3.27. The number of aromatic hydroxyl groups is 1.